The highest BCUT2D eigenvalue weighted by Gasteiger charge is 2.18. The molecule has 2 rings (SSSR count). The number of hydrogen-bond acceptors (Lipinski definition) is 6. The Hall–Kier alpha value is -1.18. The van der Waals surface area contributed by atoms with E-state index in [9.17, 15) is 5.11 Å². The predicted octanol–water partition coefficient (Wildman–Crippen LogP) is 2.01. The van der Waals surface area contributed by atoms with Crippen LogP contribution in [0.2, 0.25) is 0 Å². The number of ether oxygens (including phenoxy) is 3. The van der Waals surface area contributed by atoms with Crippen LogP contribution in [-0.2, 0) is 16.0 Å². The Morgan fingerprint density at radius 2 is 1.85 bits per heavy atom. The lowest BCUT2D eigenvalue weighted by molar-refractivity contribution is -0.0575. The second kappa shape index (κ2) is 11.0. The molecule has 1 heterocycles. The molecule has 1 aromatic carbocycles. The Kier molecular flexibility index (Phi) is 8.99. The molecule has 0 bridgehead atoms. The summed E-state index contributed by atoms with van der Waals surface area (Å²) in [4.78, 5) is 4.72. The first-order valence-corrected chi connectivity index (χ1v) is 9.83. The summed E-state index contributed by atoms with van der Waals surface area (Å²) in [6.45, 7) is 13.2. The summed E-state index contributed by atoms with van der Waals surface area (Å²) in [5.74, 6) is 0.859. The zero-order chi connectivity index (χ0) is 19.7. The van der Waals surface area contributed by atoms with Crippen molar-refractivity contribution in [2.75, 3.05) is 59.7 Å². The number of aliphatic hydroxyl groups is 1. The first-order valence-electron chi connectivity index (χ1n) is 9.83. The fraction of sp³-hybridized carbons (Fsp3) is 0.714. The van der Waals surface area contributed by atoms with E-state index < -0.39 is 6.10 Å². The SMILES string of the molecule is COc1ccc(CN(CCN2CCOCC2)CC(O)COC(C)(C)C)cc1. The largest absolute Gasteiger partial charge is 0.497 e. The molecule has 1 atom stereocenters. The summed E-state index contributed by atoms with van der Waals surface area (Å²) < 4.78 is 16.4. The molecule has 0 amide bonds. The van der Waals surface area contributed by atoms with Crippen LogP contribution in [0.4, 0.5) is 0 Å². The number of aliphatic hydroxyl groups excluding tert-OH is 1. The summed E-state index contributed by atoms with van der Waals surface area (Å²) >= 11 is 0. The van der Waals surface area contributed by atoms with Crippen LogP contribution in [-0.4, -0.2) is 86.3 Å². The Bertz CT molecular complexity index is 524. The van der Waals surface area contributed by atoms with Gasteiger partial charge in [-0.2, -0.15) is 0 Å². The molecule has 1 aliphatic heterocycles. The van der Waals surface area contributed by atoms with Gasteiger partial charge in [0.25, 0.3) is 0 Å². The van der Waals surface area contributed by atoms with Gasteiger partial charge in [-0.15, -0.1) is 0 Å². The normalized spacial score (nSPS) is 17.3. The highest BCUT2D eigenvalue weighted by atomic mass is 16.5. The average Bonchev–Trinajstić information content (AvgIpc) is 2.65. The van der Waals surface area contributed by atoms with Crippen LogP contribution < -0.4 is 4.74 Å². The topological polar surface area (TPSA) is 54.4 Å². The third kappa shape index (κ3) is 9.04. The van der Waals surface area contributed by atoms with E-state index in [1.807, 2.05) is 32.9 Å². The van der Waals surface area contributed by atoms with Crippen molar-refractivity contribution in [2.45, 2.75) is 39.0 Å². The predicted molar refractivity (Wildman–Crippen MR) is 107 cm³/mol. The van der Waals surface area contributed by atoms with Crippen LogP contribution in [0.5, 0.6) is 5.75 Å². The quantitative estimate of drug-likeness (QED) is 0.670. The summed E-state index contributed by atoms with van der Waals surface area (Å²) in [6.07, 6.45) is -0.507. The van der Waals surface area contributed by atoms with Crippen LogP contribution in [0.1, 0.15) is 26.3 Å². The van der Waals surface area contributed by atoms with Crippen LogP contribution in [0.25, 0.3) is 0 Å². The van der Waals surface area contributed by atoms with Crippen molar-refractivity contribution in [1.82, 2.24) is 9.80 Å². The van der Waals surface area contributed by atoms with Crippen LogP contribution in [0.15, 0.2) is 24.3 Å². The summed E-state index contributed by atoms with van der Waals surface area (Å²) in [6, 6.07) is 8.13. The van der Waals surface area contributed by atoms with Crippen molar-refractivity contribution < 1.29 is 19.3 Å². The first kappa shape index (κ1) is 22.1. The summed E-state index contributed by atoms with van der Waals surface area (Å²) in [5.41, 5.74) is 0.969. The monoisotopic (exact) mass is 380 g/mol. The lowest BCUT2D eigenvalue weighted by atomic mass is 10.2. The Morgan fingerprint density at radius 3 is 2.44 bits per heavy atom. The Labute approximate surface area is 164 Å². The zero-order valence-corrected chi connectivity index (χ0v) is 17.3. The van der Waals surface area contributed by atoms with Gasteiger partial charge in [-0.25, -0.2) is 0 Å². The van der Waals surface area contributed by atoms with Crippen LogP contribution in [0, 0.1) is 0 Å². The number of hydrogen-bond donors (Lipinski definition) is 1. The maximum atomic E-state index is 10.5. The van der Waals surface area contributed by atoms with Gasteiger partial charge in [-0.05, 0) is 38.5 Å². The van der Waals surface area contributed by atoms with Crippen molar-refractivity contribution in [3.63, 3.8) is 0 Å². The maximum absolute atomic E-state index is 10.5. The molecule has 1 aromatic rings. The molecule has 6 heteroatoms. The molecular formula is C21H36N2O4. The lowest BCUT2D eigenvalue weighted by Gasteiger charge is -2.31. The molecule has 0 radical (unpaired) electrons. The maximum Gasteiger partial charge on any atom is 0.118 e. The van der Waals surface area contributed by atoms with E-state index in [0.717, 1.165) is 51.7 Å². The van der Waals surface area contributed by atoms with E-state index in [4.69, 9.17) is 14.2 Å². The second-order valence-corrected chi connectivity index (χ2v) is 8.11. The number of morpholine rings is 1. The van der Waals surface area contributed by atoms with Gasteiger partial charge in [-0.3, -0.25) is 9.80 Å². The number of rotatable bonds is 10. The van der Waals surface area contributed by atoms with Crippen molar-refractivity contribution in [3.8, 4) is 5.75 Å². The fourth-order valence-electron chi connectivity index (χ4n) is 3.03. The molecule has 27 heavy (non-hydrogen) atoms. The van der Waals surface area contributed by atoms with E-state index in [1.54, 1.807) is 7.11 Å². The minimum Gasteiger partial charge on any atom is -0.497 e. The van der Waals surface area contributed by atoms with E-state index in [2.05, 4.69) is 21.9 Å². The summed E-state index contributed by atoms with van der Waals surface area (Å²) in [7, 11) is 1.68. The van der Waals surface area contributed by atoms with Gasteiger partial charge >= 0.3 is 0 Å². The number of benzene rings is 1. The van der Waals surface area contributed by atoms with Crippen molar-refractivity contribution in [1.29, 1.82) is 0 Å². The molecule has 0 aliphatic carbocycles. The highest BCUT2D eigenvalue weighted by molar-refractivity contribution is 5.27. The van der Waals surface area contributed by atoms with Gasteiger partial charge in [0.1, 0.15) is 5.75 Å². The molecule has 1 fully saturated rings. The minimum atomic E-state index is -0.507. The van der Waals surface area contributed by atoms with Crippen molar-refractivity contribution in [2.24, 2.45) is 0 Å². The molecule has 1 saturated heterocycles. The first-order chi connectivity index (χ1) is 12.9. The molecule has 0 saturated carbocycles. The minimum absolute atomic E-state index is 0.240. The van der Waals surface area contributed by atoms with Gasteiger partial charge < -0.3 is 19.3 Å². The number of nitrogens with zero attached hydrogens (tertiary/aromatic N) is 2. The molecule has 154 valence electrons. The van der Waals surface area contributed by atoms with Gasteiger partial charge in [0.15, 0.2) is 0 Å². The van der Waals surface area contributed by atoms with Gasteiger partial charge in [0.05, 0.1) is 38.6 Å². The molecule has 6 nitrogen and oxygen atoms in total. The highest BCUT2D eigenvalue weighted by Crippen LogP contribution is 2.14. The van der Waals surface area contributed by atoms with Gasteiger partial charge in [0.2, 0.25) is 0 Å². The molecule has 0 spiro atoms. The molecule has 1 N–H and O–H groups in total. The van der Waals surface area contributed by atoms with E-state index in [1.165, 1.54) is 5.56 Å². The molecule has 1 unspecified atom stereocenters. The van der Waals surface area contributed by atoms with Crippen molar-refractivity contribution >= 4 is 0 Å². The smallest absolute Gasteiger partial charge is 0.118 e. The van der Waals surface area contributed by atoms with Gasteiger partial charge in [-0.1, -0.05) is 12.1 Å². The Balaban J connectivity index is 1.91. The van der Waals surface area contributed by atoms with Crippen LogP contribution >= 0.6 is 0 Å². The van der Waals surface area contributed by atoms with E-state index in [0.29, 0.717) is 13.2 Å². The second-order valence-electron chi connectivity index (χ2n) is 8.11. The van der Waals surface area contributed by atoms with Crippen molar-refractivity contribution in [3.05, 3.63) is 29.8 Å². The van der Waals surface area contributed by atoms with Crippen LogP contribution in [0.3, 0.4) is 0 Å². The molecular weight excluding hydrogens is 344 g/mol. The van der Waals surface area contributed by atoms with E-state index >= 15 is 0 Å². The fourth-order valence-corrected chi connectivity index (χ4v) is 3.03. The number of methoxy groups -OCH3 is 1. The zero-order valence-electron chi connectivity index (χ0n) is 17.3. The third-order valence-electron chi connectivity index (χ3n) is 4.58. The summed E-state index contributed by atoms with van der Waals surface area (Å²) in [5, 5.41) is 10.5. The van der Waals surface area contributed by atoms with E-state index in [-0.39, 0.29) is 5.60 Å². The Morgan fingerprint density at radius 1 is 1.19 bits per heavy atom. The molecule has 0 aromatic heterocycles. The standard InChI is InChI=1S/C21H36N2O4/c1-21(2,3)27-17-19(24)16-23(10-9-22-11-13-26-14-12-22)15-18-5-7-20(25-4)8-6-18/h5-8,19,24H,9-17H2,1-4H3. The lowest BCUT2D eigenvalue weighted by Crippen LogP contribution is -2.43. The average molecular weight is 381 g/mol. The van der Waals surface area contributed by atoms with Gasteiger partial charge in [0, 0.05) is 39.3 Å². The molecule has 1 aliphatic rings. The third-order valence-corrected chi connectivity index (χ3v) is 4.58.